The number of hydrogen-bond donors (Lipinski definition) is 0. The third-order valence-corrected chi connectivity index (χ3v) is 1.52. The van der Waals surface area contributed by atoms with Crippen molar-refractivity contribution in [2.45, 2.75) is 13.3 Å². The molecule has 1 rings (SSSR count). The number of aryl methyl sites for hydroxylation is 1. The largest absolute Gasteiger partial charge is 0.519 e. The Kier molecular flexibility index (Phi) is 1.75. The van der Waals surface area contributed by atoms with Crippen molar-refractivity contribution in [3.8, 4) is 0 Å². The Labute approximate surface area is 59.8 Å². The first kappa shape index (κ1) is 6.61. The van der Waals surface area contributed by atoms with Gasteiger partial charge in [-0.1, -0.05) is 6.92 Å². The molecule has 0 saturated carbocycles. The van der Waals surface area contributed by atoms with Crippen LogP contribution in [0.25, 0.3) is 0 Å². The highest BCUT2D eigenvalue weighted by Crippen LogP contribution is 2.13. The van der Waals surface area contributed by atoms with Gasteiger partial charge in [0.1, 0.15) is 0 Å². The molecule has 0 fully saturated rings. The average molecular weight is 193 g/mol. The summed E-state index contributed by atoms with van der Waals surface area (Å²) >= 11 is 3.02. The minimum Gasteiger partial charge on any atom is -0.395 e. The lowest BCUT2D eigenvalue weighted by Crippen LogP contribution is -1.85. The molecule has 0 atom stereocenters. The summed E-state index contributed by atoms with van der Waals surface area (Å²) in [5.41, 5.74) is 0. The van der Waals surface area contributed by atoms with Gasteiger partial charge in [0.2, 0.25) is 4.67 Å². The van der Waals surface area contributed by atoms with E-state index >= 15 is 0 Å². The fraction of sp³-hybridized carbons (Fsp3) is 0.400. The number of halogens is 1. The van der Waals surface area contributed by atoms with Crippen LogP contribution in [0.2, 0.25) is 0 Å². The second-order valence-corrected chi connectivity index (χ2v) is 2.22. The molecule has 0 unspecified atom stereocenters. The lowest BCUT2D eigenvalue weighted by molar-refractivity contribution is 0.370. The molecule has 0 radical (unpaired) electrons. The van der Waals surface area contributed by atoms with Crippen LogP contribution < -0.4 is 5.82 Å². The molecule has 0 aliphatic heterocycles. The molecule has 1 heterocycles. The van der Waals surface area contributed by atoms with E-state index in [0.29, 0.717) is 16.9 Å². The smallest absolute Gasteiger partial charge is 0.395 e. The molecule has 0 aliphatic carbocycles. The molecular formula is C5H5BrO3. The molecule has 0 amide bonds. The van der Waals surface area contributed by atoms with Crippen LogP contribution in [0.5, 0.6) is 0 Å². The standard InChI is InChI=1S/C5H5BrO3/c1-2-3-4(6)9-5(7)8-3/h2H2,1H3. The Morgan fingerprint density at radius 2 is 2.22 bits per heavy atom. The summed E-state index contributed by atoms with van der Waals surface area (Å²) < 4.78 is 9.49. The van der Waals surface area contributed by atoms with Crippen LogP contribution in [0.15, 0.2) is 18.3 Å². The van der Waals surface area contributed by atoms with Crippen molar-refractivity contribution in [2.75, 3.05) is 0 Å². The molecule has 0 saturated heterocycles. The van der Waals surface area contributed by atoms with Crippen LogP contribution >= 0.6 is 15.9 Å². The van der Waals surface area contributed by atoms with E-state index in [-0.39, 0.29) is 0 Å². The SMILES string of the molecule is CCc1oc(=O)oc1Br. The van der Waals surface area contributed by atoms with Gasteiger partial charge in [0.25, 0.3) is 0 Å². The predicted octanol–water partition coefficient (Wildman–Crippen LogP) is 1.56. The fourth-order valence-electron chi connectivity index (χ4n) is 0.503. The number of hydrogen-bond acceptors (Lipinski definition) is 3. The highest BCUT2D eigenvalue weighted by molar-refractivity contribution is 9.10. The topological polar surface area (TPSA) is 43.4 Å². The van der Waals surface area contributed by atoms with Gasteiger partial charge in [0.05, 0.1) is 0 Å². The second-order valence-electron chi connectivity index (χ2n) is 1.50. The monoisotopic (exact) mass is 192 g/mol. The minimum absolute atomic E-state index is 0.398. The van der Waals surface area contributed by atoms with Crippen LogP contribution in [0.3, 0.4) is 0 Å². The molecule has 1 aromatic heterocycles. The molecule has 0 N–H and O–H groups in total. The van der Waals surface area contributed by atoms with Crippen molar-refractivity contribution in [3.63, 3.8) is 0 Å². The maximum Gasteiger partial charge on any atom is 0.519 e. The van der Waals surface area contributed by atoms with Gasteiger partial charge in [-0.05, 0) is 15.9 Å². The Morgan fingerprint density at radius 3 is 2.44 bits per heavy atom. The Hall–Kier alpha value is -0.510. The molecule has 4 heteroatoms. The van der Waals surface area contributed by atoms with E-state index in [0.717, 1.165) is 0 Å². The predicted molar refractivity (Wildman–Crippen MR) is 34.3 cm³/mol. The molecular weight excluding hydrogens is 188 g/mol. The summed E-state index contributed by atoms with van der Waals surface area (Å²) in [4.78, 5) is 10.3. The van der Waals surface area contributed by atoms with Crippen LogP contribution in [0, 0.1) is 0 Å². The zero-order valence-corrected chi connectivity index (χ0v) is 6.40. The maximum atomic E-state index is 10.3. The number of rotatable bonds is 1. The van der Waals surface area contributed by atoms with Crippen molar-refractivity contribution in [2.24, 2.45) is 0 Å². The van der Waals surface area contributed by atoms with Crippen LogP contribution in [0.1, 0.15) is 12.7 Å². The van der Waals surface area contributed by atoms with Gasteiger partial charge in [-0.15, -0.1) is 0 Å². The summed E-state index contributed by atoms with van der Waals surface area (Å²) in [5.74, 6) is -0.0984. The molecule has 0 bridgehead atoms. The van der Waals surface area contributed by atoms with Crippen molar-refractivity contribution in [1.82, 2.24) is 0 Å². The van der Waals surface area contributed by atoms with E-state index in [4.69, 9.17) is 0 Å². The highest BCUT2D eigenvalue weighted by atomic mass is 79.9. The lowest BCUT2D eigenvalue weighted by atomic mass is 10.4. The summed E-state index contributed by atoms with van der Waals surface area (Å²) in [6.45, 7) is 1.87. The van der Waals surface area contributed by atoms with E-state index in [1.54, 1.807) is 0 Å². The van der Waals surface area contributed by atoms with E-state index < -0.39 is 5.82 Å². The zero-order chi connectivity index (χ0) is 6.85. The fourth-order valence-corrected chi connectivity index (χ4v) is 0.996. The first-order valence-electron chi connectivity index (χ1n) is 2.52. The van der Waals surface area contributed by atoms with Gasteiger partial charge in [0.15, 0.2) is 5.76 Å². The molecule has 3 nitrogen and oxygen atoms in total. The minimum atomic E-state index is -0.654. The average Bonchev–Trinajstić information content (AvgIpc) is 2.10. The quantitative estimate of drug-likeness (QED) is 0.679. The van der Waals surface area contributed by atoms with E-state index in [9.17, 15) is 4.79 Å². The van der Waals surface area contributed by atoms with Crippen LogP contribution in [-0.4, -0.2) is 0 Å². The molecule has 0 aliphatic rings. The van der Waals surface area contributed by atoms with Crippen molar-refractivity contribution < 1.29 is 8.83 Å². The first-order valence-corrected chi connectivity index (χ1v) is 3.31. The van der Waals surface area contributed by atoms with Crippen molar-refractivity contribution in [3.05, 3.63) is 21.0 Å². The lowest BCUT2D eigenvalue weighted by Gasteiger charge is -1.80. The van der Waals surface area contributed by atoms with Gasteiger partial charge in [-0.3, -0.25) is 0 Å². The van der Waals surface area contributed by atoms with Crippen LogP contribution in [0.4, 0.5) is 0 Å². The summed E-state index contributed by atoms with van der Waals surface area (Å²) in [6.07, 6.45) is 0.659. The summed E-state index contributed by atoms with van der Waals surface area (Å²) in [5, 5.41) is 0. The van der Waals surface area contributed by atoms with E-state index in [2.05, 4.69) is 24.8 Å². The zero-order valence-electron chi connectivity index (χ0n) is 4.81. The first-order chi connectivity index (χ1) is 4.24. The Balaban J connectivity index is 3.16. The third-order valence-electron chi connectivity index (χ3n) is 0.920. The normalized spacial score (nSPS) is 10.0. The molecule has 0 aromatic carbocycles. The highest BCUT2D eigenvalue weighted by Gasteiger charge is 2.05. The maximum absolute atomic E-state index is 10.3. The molecule has 0 spiro atoms. The van der Waals surface area contributed by atoms with Gasteiger partial charge in [-0.25, -0.2) is 4.79 Å². The van der Waals surface area contributed by atoms with Gasteiger partial charge in [-0.2, -0.15) is 0 Å². The molecule has 9 heavy (non-hydrogen) atoms. The Bertz CT molecular complexity index is 247. The summed E-state index contributed by atoms with van der Waals surface area (Å²) in [7, 11) is 0. The second kappa shape index (κ2) is 2.39. The molecule has 1 aromatic rings. The van der Waals surface area contributed by atoms with Crippen molar-refractivity contribution in [1.29, 1.82) is 0 Å². The van der Waals surface area contributed by atoms with Gasteiger partial charge in [0, 0.05) is 6.42 Å². The van der Waals surface area contributed by atoms with E-state index in [1.807, 2.05) is 6.92 Å². The summed E-state index contributed by atoms with van der Waals surface area (Å²) in [6, 6.07) is 0. The molecule has 50 valence electrons. The Morgan fingerprint density at radius 1 is 1.56 bits per heavy atom. The third kappa shape index (κ3) is 1.24. The van der Waals surface area contributed by atoms with Crippen molar-refractivity contribution >= 4 is 15.9 Å². The van der Waals surface area contributed by atoms with Crippen LogP contribution in [-0.2, 0) is 6.42 Å². The van der Waals surface area contributed by atoms with Gasteiger partial charge < -0.3 is 8.83 Å². The van der Waals surface area contributed by atoms with Gasteiger partial charge >= 0.3 is 5.82 Å². The van der Waals surface area contributed by atoms with E-state index in [1.165, 1.54) is 0 Å².